The molecule has 1 aromatic carbocycles. The predicted octanol–water partition coefficient (Wildman–Crippen LogP) is 3.54. The van der Waals surface area contributed by atoms with Gasteiger partial charge in [-0.25, -0.2) is 4.79 Å². The Morgan fingerprint density at radius 2 is 1.95 bits per heavy atom. The summed E-state index contributed by atoms with van der Waals surface area (Å²) in [6.07, 6.45) is 0. The molecule has 0 unspecified atom stereocenters. The molecule has 4 heteroatoms. The highest BCUT2D eigenvalue weighted by atomic mass is 16.4. The van der Waals surface area contributed by atoms with Crippen molar-refractivity contribution in [2.24, 2.45) is 0 Å². The van der Waals surface area contributed by atoms with E-state index in [0.717, 1.165) is 5.69 Å². The van der Waals surface area contributed by atoms with E-state index in [9.17, 15) is 4.79 Å². The van der Waals surface area contributed by atoms with Gasteiger partial charge in [0.1, 0.15) is 17.1 Å². The molecule has 0 aliphatic carbocycles. The van der Waals surface area contributed by atoms with Gasteiger partial charge in [-0.1, -0.05) is 17.7 Å². The van der Waals surface area contributed by atoms with Gasteiger partial charge in [-0.3, -0.25) is 0 Å². The van der Waals surface area contributed by atoms with E-state index in [1.54, 1.807) is 13.0 Å². The van der Waals surface area contributed by atoms with E-state index < -0.39 is 5.97 Å². The van der Waals surface area contributed by atoms with E-state index in [-0.39, 0.29) is 5.56 Å². The van der Waals surface area contributed by atoms with Crippen LogP contribution in [0, 0.1) is 20.8 Å². The molecule has 0 aliphatic rings. The van der Waals surface area contributed by atoms with Crippen molar-refractivity contribution >= 4 is 11.7 Å². The van der Waals surface area contributed by atoms with Crippen LogP contribution in [0.1, 0.15) is 33.0 Å². The number of carbonyl (C=O) groups is 1. The van der Waals surface area contributed by atoms with Gasteiger partial charge in [0, 0.05) is 12.7 Å². The highest BCUT2D eigenvalue weighted by Gasteiger charge is 2.15. The summed E-state index contributed by atoms with van der Waals surface area (Å²) in [5, 5.41) is 9.03. The Kier molecular flexibility index (Phi) is 3.84. The molecule has 0 radical (unpaired) electrons. The van der Waals surface area contributed by atoms with Crippen molar-refractivity contribution in [3.63, 3.8) is 0 Å². The van der Waals surface area contributed by atoms with Crippen LogP contribution in [-0.2, 0) is 6.54 Å². The number of furan rings is 1. The molecule has 0 saturated carbocycles. The predicted molar refractivity (Wildman–Crippen MR) is 78.4 cm³/mol. The Labute approximate surface area is 118 Å². The molecule has 106 valence electrons. The lowest BCUT2D eigenvalue weighted by molar-refractivity contribution is 0.0695. The van der Waals surface area contributed by atoms with Gasteiger partial charge in [-0.05, 0) is 38.5 Å². The van der Waals surface area contributed by atoms with Crippen LogP contribution in [0.15, 0.2) is 28.7 Å². The molecule has 0 atom stereocenters. The highest BCUT2D eigenvalue weighted by Crippen LogP contribution is 2.23. The minimum absolute atomic E-state index is 0.231. The standard InChI is InChI=1S/C16H19NO3/c1-10-5-6-15(11(2)7-10)17(4)9-13-8-14(16(18)19)12(3)20-13/h5-8H,9H2,1-4H3,(H,18,19). The first-order chi connectivity index (χ1) is 9.38. The van der Waals surface area contributed by atoms with Crippen molar-refractivity contribution in [2.45, 2.75) is 27.3 Å². The summed E-state index contributed by atoms with van der Waals surface area (Å²) in [7, 11) is 1.97. The highest BCUT2D eigenvalue weighted by molar-refractivity contribution is 5.88. The van der Waals surface area contributed by atoms with Crippen molar-refractivity contribution in [1.82, 2.24) is 0 Å². The van der Waals surface area contributed by atoms with Crippen molar-refractivity contribution in [3.8, 4) is 0 Å². The molecule has 1 N–H and O–H groups in total. The average Bonchev–Trinajstić information content (AvgIpc) is 2.70. The van der Waals surface area contributed by atoms with Gasteiger partial charge in [-0.15, -0.1) is 0 Å². The van der Waals surface area contributed by atoms with Crippen LogP contribution in [-0.4, -0.2) is 18.1 Å². The van der Waals surface area contributed by atoms with Gasteiger partial charge in [0.25, 0.3) is 0 Å². The quantitative estimate of drug-likeness (QED) is 0.925. The number of aryl methyl sites for hydroxylation is 3. The molecular weight excluding hydrogens is 254 g/mol. The zero-order valence-electron chi connectivity index (χ0n) is 12.2. The van der Waals surface area contributed by atoms with Gasteiger partial charge in [0.2, 0.25) is 0 Å². The Morgan fingerprint density at radius 3 is 2.50 bits per heavy atom. The maximum absolute atomic E-state index is 11.0. The zero-order valence-corrected chi connectivity index (χ0v) is 12.2. The summed E-state index contributed by atoms with van der Waals surface area (Å²) in [5.41, 5.74) is 3.76. The zero-order chi connectivity index (χ0) is 14.9. The Hall–Kier alpha value is -2.23. The summed E-state index contributed by atoms with van der Waals surface area (Å²) in [4.78, 5) is 13.1. The number of benzene rings is 1. The normalized spacial score (nSPS) is 10.6. The molecule has 0 fully saturated rings. The Balaban J connectivity index is 2.21. The molecule has 0 amide bonds. The van der Waals surface area contributed by atoms with E-state index >= 15 is 0 Å². The molecule has 20 heavy (non-hydrogen) atoms. The first kappa shape index (κ1) is 14.2. The molecule has 1 heterocycles. The van der Waals surface area contributed by atoms with E-state index in [0.29, 0.717) is 18.1 Å². The fourth-order valence-electron chi connectivity index (χ4n) is 2.39. The van der Waals surface area contributed by atoms with E-state index in [2.05, 4.69) is 36.9 Å². The fourth-order valence-corrected chi connectivity index (χ4v) is 2.39. The van der Waals surface area contributed by atoms with Gasteiger partial charge in [0.05, 0.1) is 6.54 Å². The molecule has 0 bridgehead atoms. The number of carboxylic acids is 1. The monoisotopic (exact) mass is 273 g/mol. The van der Waals surface area contributed by atoms with Gasteiger partial charge >= 0.3 is 5.97 Å². The van der Waals surface area contributed by atoms with Gasteiger partial charge in [0.15, 0.2) is 0 Å². The summed E-state index contributed by atoms with van der Waals surface area (Å²) >= 11 is 0. The van der Waals surface area contributed by atoms with Crippen LogP contribution in [0.2, 0.25) is 0 Å². The molecular formula is C16H19NO3. The molecule has 2 aromatic rings. The first-order valence-electron chi connectivity index (χ1n) is 6.49. The lowest BCUT2D eigenvalue weighted by atomic mass is 10.1. The van der Waals surface area contributed by atoms with Gasteiger partial charge < -0.3 is 14.4 Å². The molecule has 0 spiro atoms. The summed E-state index contributed by atoms with van der Waals surface area (Å²) in [5.74, 6) is 0.149. The third-order valence-electron chi connectivity index (χ3n) is 3.36. The van der Waals surface area contributed by atoms with Crippen molar-refractivity contribution in [3.05, 3.63) is 52.5 Å². The maximum Gasteiger partial charge on any atom is 0.339 e. The van der Waals surface area contributed by atoms with E-state index in [1.807, 2.05) is 7.05 Å². The largest absolute Gasteiger partial charge is 0.478 e. The number of hydrogen-bond acceptors (Lipinski definition) is 3. The minimum Gasteiger partial charge on any atom is -0.478 e. The van der Waals surface area contributed by atoms with Crippen LogP contribution in [0.25, 0.3) is 0 Å². The second kappa shape index (κ2) is 5.41. The number of nitrogens with zero attached hydrogens (tertiary/aromatic N) is 1. The third kappa shape index (κ3) is 2.85. The fraction of sp³-hybridized carbons (Fsp3) is 0.312. The smallest absolute Gasteiger partial charge is 0.339 e. The second-order valence-corrected chi connectivity index (χ2v) is 5.13. The summed E-state index contributed by atoms with van der Waals surface area (Å²) < 4.78 is 5.51. The number of hydrogen-bond donors (Lipinski definition) is 1. The van der Waals surface area contributed by atoms with Crippen LogP contribution < -0.4 is 4.90 Å². The van der Waals surface area contributed by atoms with Crippen molar-refractivity contribution in [2.75, 3.05) is 11.9 Å². The molecule has 4 nitrogen and oxygen atoms in total. The van der Waals surface area contributed by atoms with E-state index in [4.69, 9.17) is 9.52 Å². The number of carboxylic acid groups (broad SMARTS) is 1. The van der Waals surface area contributed by atoms with Crippen LogP contribution >= 0.6 is 0 Å². The lowest BCUT2D eigenvalue weighted by Crippen LogP contribution is -2.17. The maximum atomic E-state index is 11.0. The van der Waals surface area contributed by atoms with Crippen LogP contribution in [0.5, 0.6) is 0 Å². The van der Waals surface area contributed by atoms with Crippen LogP contribution in [0.4, 0.5) is 5.69 Å². The topological polar surface area (TPSA) is 53.7 Å². The second-order valence-electron chi connectivity index (χ2n) is 5.13. The minimum atomic E-state index is -0.952. The SMILES string of the molecule is Cc1ccc(N(C)Cc2cc(C(=O)O)c(C)o2)c(C)c1. The Bertz CT molecular complexity index is 643. The number of aromatic carboxylic acids is 1. The number of rotatable bonds is 4. The summed E-state index contributed by atoms with van der Waals surface area (Å²) in [6.45, 7) is 6.34. The first-order valence-corrected chi connectivity index (χ1v) is 6.49. The molecule has 0 aliphatic heterocycles. The Morgan fingerprint density at radius 1 is 1.25 bits per heavy atom. The molecule has 1 aromatic heterocycles. The number of anilines is 1. The summed E-state index contributed by atoms with van der Waals surface area (Å²) in [6, 6.07) is 7.85. The lowest BCUT2D eigenvalue weighted by Gasteiger charge is -2.20. The average molecular weight is 273 g/mol. The third-order valence-corrected chi connectivity index (χ3v) is 3.36. The van der Waals surface area contributed by atoms with Crippen molar-refractivity contribution in [1.29, 1.82) is 0 Å². The van der Waals surface area contributed by atoms with Crippen molar-refractivity contribution < 1.29 is 14.3 Å². The molecule has 0 saturated heterocycles. The van der Waals surface area contributed by atoms with Gasteiger partial charge in [-0.2, -0.15) is 0 Å². The molecule has 2 rings (SSSR count). The van der Waals surface area contributed by atoms with E-state index in [1.165, 1.54) is 11.1 Å². The van der Waals surface area contributed by atoms with Crippen LogP contribution in [0.3, 0.4) is 0 Å².